The van der Waals surface area contributed by atoms with E-state index < -0.39 is 0 Å². The van der Waals surface area contributed by atoms with E-state index in [4.69, 9.17) is 4.74 Å². The minimum absolute atomic E-state index is 0.230. The van der Waals surface area contributed by atoms with Crippen molar-refractivity contribution in [3.63, 3.8) is 0 Å². The highest BCUT2D eigenvalue weighted by Gasteiger charge is 2.11. The van der Waals surface area contributed by atoms with E-state index in [1.165, 1.54) is 17.5 Å². The molecule has 0 saturated heterocycles. The molecule has 6 nitrogen and oxygen atoms in total. The SMILES string of the molecule is CCOC(=O)CCC(=NNc1ncnc2ccccc12)c1ccc(C)c(C)c1. The van der Waals surface area contributed by atoms with E-state index in [-0.39, 0.29) is 12.4 Å². The van der Waals surface area contributed by atoms with E-state index in [9.17, 15) is 4.79 Å². The van der Waals surface area contributed by atoms with Gasteiger partial charge in [-0.1, -0.05) is 24.3 Å². The number of aryl methyl sites for hydroxylation is 2. The van der Waals surface area contributed by atoms with Crippen LogP contribution in [0.15, 0.2) is 53.9 Å². The average Bonchev–Trinajstić information content (AvgIpc) is 2.70. The number of nitrogens with zero attached hydrogens (tertiary/aromatic N) is 3. The van der Waals surface area contributed by atoms with Crippen LogP contribution in [0.3, 0.4) is 0 Å². The van der Waals surface area contributed by atoms with Crippen LogP contribution in [0.1, 0.15) is 36.5 Å². The van der Waals surface area contributed by atoms with Crippen LogP contribution in [0, 0.1) is 13.8 Å². The minimum Gasteiger partial charge on any atom is -0.466 e. The van der Waals surface area contributed by atoms with E-state index in [0.717, 1.165) is 22.2 Å². The number of carbonyl (C=O) groups is 1. The van der Waals surface area contributed by atoms with Crippen LogP contribution >= 0.6 is 0 Å². The Kier molecular flexibility index (Phi) is 6.32. The molecule has 6 heteroatoms. The number of hydrazone groups is 1. The lowest BCUT2D eigenvalue weighted by Gasteiger charge is -2.11. The number of fused-ring (bicyclic) bond motifs is 1. The summed E-state index contributed by atoms with van der Waals surface area (Å²) in [6.45, 7) is 6.31. The maximum Gasteiger partial charge on any atom is 0.306 e. The molecule has 1 N–H and O–H groups in total. The Morgan fingerprint density at radius 2 is 1.89 bits per heavy atom. The van der Waals surface area contributed by atoms with Crippen molar-refractivity contribution >= 4 is 28.4 Å². The molecule has 3 aromatic rings. The first-order valence-corrected chi connectivity index (χ1v) is 9.34. The number of benzene rings is 2. The highest BCUT2D eigenvalue weighted by molar-refractivity contribution is 6.02. The molecular weight excluding hydrogens is 352 g/mol. The summed E-state index contributed by atoms with van der Waals surface area (Å²) in [6, 6.07) is 13.9. The molecule has 2 aromatic carbocycles. The van der Waals surface area contributed by atoms with Gasteiger partial charge >= 0.3 is 5.97 Å². The molecule has 0 aliphatic heterocycles. The third-order valence-electron chi connectivity index (χ3n) is 4.55. The maximum absolute atomic E-state index is 11.8. The summed E-state index contributed by atoms with van der Waals surface area (Å²) in [5.74, 6) is 0.398. The zero-order valence-electron chi connectivity index (χ0n) is 16.4. The fourth-order valence-electron chi connectivity index (χ4n) is 2.85. The molecule has 0 amide bonds. The molecule has 1 heterocycles. The Labute approximate surface area is 164 Å². The molecule has 0 aliphatic carbocycles. The van der Waals surface area contributed by atoms with Crippen LogP contribution in [0.5, 0.6) is 0 Å². The number of aromatic nitrogens is 2. The first-order valence-electron chi connectivity index (χ1n) is 9.34. The maximum atomic E-state index is 11.8. The zero-order chi connectivity index (χ0) is 19.9. The lowest BCUT2D eigenvalue weighted by atomic mass is 10.0. The van der Waals surface area contributed by atoms with Crippen molar-refractivity contribution in [1.82, 2.24) is 9.97 Å². The molecule has 1 aromatic heterocycles. The van der Waals surface area contributed by atoms with Gasteiger partial charge in [0.05, 0.1) is 24.3 Å². The molecule has 3 rings (SSSR count). The zero-order valence-corrected chi connectivity index (χ0v) is 16.4. The van der Waals surface area contributed by atoms with E-state index in [1.807, 2.05) is 30.3 Å². The van der Waals surface area contributed by atoms with Crippen molar-refractivity contribution in [3.8, 4) is 0 Å². The second kappa shape index (κ2) is 9.08. The molecule has 0 aliphatic rings. The van der Waals surface area contributed by atoms with Gasteiger partial charge in [0.2, 0.25) is 0 Å². The molecule has 28 heavy (non-hydrogen) atoms. The Bertz CT molecular complexity index is 1010. The third kappa shape index (κ3) is 4.71. The van der Waals surface area contributed by atoms with Crippen LogP contribution < -0.4 is 5.43 Å². The second-order valence-corrected chi connectivity index (χ2v) is 6.51. The van der Waals surface area contributed by atoms with Crippen molar-refractivity contribution in [3.05, 3.63) is 65.5 Å². The lowest BCUT2D eigenvalue weighted by molar-refractivity contribution is -0.142. The summed E-state index contributed by atoms with van der Waals surface area (Å²) in [7, 11) is 0. The summed E-state index contributed by atoms with van der Waals surface area (Å²) < 4.78 is 5.06. The lowest BCUT2D eigenvalue weighted by Crippen LogP contribution is -2.11. The van der Waals surface area contributed by atoms with Crippen molar-refractivity contribution in [1.29, 1.82) is 0 Å². The molecule has 0 bridgehead atoms. The van der Waals surface area contributed by atoms with Crippen LogP contribution in [0.2, 0.25) is 0 Å². The number of esters is 1. The average molecular weight is 376 g/mol. The van der Waals surface area contributed by atoms with E-state index in [0.29, 0.717) is 18.8 Å². The fourth-order valence-corrected chi connectivity index (χ4v) is 2.85. The molecule has 0 spiro atoms. The normalized spacial score (nSPS) is 11.5. The van der Waals surface area contributed by atoms with Gasteiger partial charge in [0.25, 0.3) is 0 Å². The Balaban J connectivity index is 1.90. The standard InChI is InChI=1S/C22H24N4O2/c1-4-28-21(27)12-11-19(17-10-9-15(2)16(3)13-17)25-26-22-18-7-5-6-8-20(18)23-14-24-22/h5-10,13-14H,4,11-12H2,1-3H3,(H,23,24,26). The van der Waals surface area contributed by atoms with Gasteiger partial charge in [-0.15, -0.1) is 0 Å². The molecule has 144 valence electrons. The predicted molar refractivity (Wildman–Crippen MR) is 111 cm³/mol. The summed E-state index contributed by atoms with van der Waals surface area (Å²) in [5, 5.41) is 5.47. The van der Waals surface area contributed by atoms with Crippen LogP contribution in [0.25, 0.3) is 10.9 Å². The fraction of sp³-hybridized carbons (Fsp3) is 0.273. The van der Waals surface area contributed by atoms with Gasteiger partial charge in [0.1, 0.15) is 6.33 Å². The summed E-state index contributed by atoms with van der Waals surface area (Å²) in [6.07, 6.45) is 2.25. The molecule has 0 radical (unpaired) electrons. The summed E-state index contributed by atoms with van der Waals surface area (Å²) >= 11 is 0. The number of hydrogen-bond donors (Lipinski definition) is 1. The number of rotatable bonds is 7. The first kappa shape index (κ1) is 19.5. The molecule has 0 atom stereocenters. The Morgan fingerprint density at radius 1 is 1.07 bits per heavy atom. The highest BCUT2D eigenvalue weighted by Crippen LogP contribution is 2.19. The van der Waals surface area contributed by atoms with Gasteiger partial charge in [0, 0.05) is 11.8 Å². The molecule has 0 saturated carbocycles. The van der Waals surface area contributed by atoms with Gasteiger partial charge in [-0.25, -0.2) is 9.97 Å². The minimum atomic E-state index is -0.230. The van der Waals surface area contributed by atoms with Gasteiger partial charge < -0.3 is 4.74 Å². The van der Waals surface area contributed by atoms with E-state index in [2.05, 4.69) is 46.5 Å². The first-order chi connectivity index (χ1) is 13.6. The Morgan fingerprint density at radius 3 is 2.68 bits per heavy atom. The van der Waals surface area contributed by atoms with Gasteiger partial charge in [0.15, 0.2) is 5.82 Å². The van der Waals surface area contributed by atoms with Crippen LogP contribution in [-0.2, 0) is 9.53 Å². The van der Waals surface area contributed by atoms with Crippen molar-refractivity contribution in [2.45, 2.75) is 33.6 Å². The Hall–Kier alpha value is -3.28. The van der Waals surface area contributed by atoms with Crippen molar-refractivity contribution in [2.75, 3.05) is 12.0 Å². The largest absolute Gasteiger partial charge is 0.466 e. The van der Waals surface area contributed by atoms with Gasteiger partial charge in [-0.3, -0.25) is 10.2 Å². The second-order valence-electron chi connectivity index (χ2n) is 6.51. The van der Waals surface area contributed by atoms with Gasteiger partial charge in [-0.2, -0.15) is 5.10 Å². The van der Waals surface area contributed by atoms with Crippen molar-refractivity contribution in [2.24, 2.45) is 5.10 Å². The molecular formula is C22H24N4O2. The third-order valence-corrected chi connectivity index (χ3v) is 4.55. The van der Waals surface area contributed by atoms with Crippen LogP contribution in [0.4, 0.5) is 5.82 Å². The number of ether oxygens (including phenoxy) is 1. The number of para-hydroxylation sites is 1. The highest BCUT2D eigenvalue weighted by atomic mass is 16.5. The van der Waals surface area contributed by atoms with Gasteiger partial charge in [-0.05, 0) is 55.7 Å². The topological polar surface area (TPSA) is 76.5 Å². The number of hydrogen-bond acceptors (Lipinski definition) is 6. The molecule has 0 unspecified atom stereocenters. The number of carbonyl (C=O) groups excluding carboxylic acids is 1. The number of anilines is 1. The summed E-state index contributed by atoms with van der Waals surface area (Å²) in [4.78, 5) is 20.4. The van der Waals surface area contributed by atoms with Crippen LogP contribution in [-0.4, -0.2) is 28.3 Å². The molecule has 0 fully saturated rings. The quantitative estimate of drug-likeness (QED) is 0.376. The number of nitrogens with one attached hydrogen (secondary N) is 1. The van der Waals surface area contributed by atoms with E-state index in [1.54, 1.807) is 6.92 Å². The van der Waals surface area contributed by atoms with E-state index >= 15 is 0 Å². The van der Waals surface area contributed by atoms with Crippen molar-refractivity contribution < 1.29 is 9.53 Å². The smallest absolute Gasteiger partial charge is 0.306 e. The monoisotopic (exact) mass is 376 g/mol. The predicted octanol–water partition coefficient (Wildman–Crippen LogP) is 4.41. The summed E-state index contributed by atoms with van der Waals surface area (Å²) in [5.41, 5.74) is 8.04.